The molecule has 0 aliphatic heterocycles. The van der Waals surface area contributed by atoms with E-state index in [9.17, 15) is 28.2 Å². The molecule has 17 heteroatoms. The smallest absolute Gasteiger partial charge is 0.372 e. The molecule has 0 radical (unpaired) electrons. The van der Waals surface area contributed by atoms with Gasteiger partial charge in [-0.1, -0.05) is 151 Å². The first kappa shape index (κ1) is 84.0. The Balaban J connectivity index is -0.00000102. The highest BCUT2D eigenvalue weighted by molar-refractivity contribution is 7.91. The van der Waals surface area contributed by atoms with Crippen molar-refractivity contribution in [2.24, 2.45) is 0 Å². The van der Waals surface area contributed by atoms with Gasteiger partial charge in [-0.15, -0.1) is 0 Å². The molecule has 0 amide bonds. The van der Waals surface area contributed by atoms with Crippen LogP contribution in [-0.4, -0.2) is 89.5 Å². The van der Waals surface area contributed by atoms with Crippen molar-refractivity contribution >= 4 is 21.6 Å². The molecule has 0 bridgehead atoms. The third-order valence-electron chi connectivity index (χ3n) is 10.0. The van der Waals surface area contributed by atoms with Crippen LogP contribution in [0.4, 0.5) is 0 Å². The van der Waals surface area contributed by atoms with Gasteiger partial charge in [-0.3, -0.25) is 4.79 Å². The minimum atomic E-state index is -3.59. The van der Waals surface area contributed by atoms with Crippen molar-refractivity contribution in [2.45, 2.75) is 157 Å². The zero-order valence-electron chi connectivity index (χ0n) is 54.3. The van der Waals surface area contributed by atoms with Crippen LogP contribution in [0.2, 0.25) is 0 Å². The SMILES string of the molecule is CC.CC.CC.CCC.CCC.CCC.COc1ccc(CC(=O)C(=O)O)cc1.O=S(=O)(c1ccc(O)cc1)c1ccc(O)cc1.OCc1cccc(OCCCCOc2cccc(CO)c2)c1.Oc1cccc(OCCCCOc2cccc(O)c2)c1. The number of phenols is 4. The van der Waals surface area contributed by atoms with Crippen molar-refractivity contribution in [3.63, 3.8) is 0 Å². The summed E-state index contributed by atoms with van der Waals surface area (Å²) in [4.78, 5) is 21.3. The number of ether oxygens (including phenoxy) is 5. The maximum Gasteiger partial charge on any atom is 0.372 e. The summed E-state index contributed by atoms with van der Waals surface area (Å²) in [6.45, 7) is 27.2. The molecule has 488 valence electrons. The lowest BCUT2D eigenvalue weighted by Crippen LogP contribution is -2.14. The van der Waals surface area contributed by atoms with Gasteiger partial charge in [-0.25, -0.2) is 13.2 Å². The number of Topliss-reactive ketones (excluding diaryl/α,β-unsaturated/α-hetero) is 1. The van der Waals surface area contributed by atoms with E-state index in [0.717, 1.165) is 48.3 Å². The number of carboxylic acids is 1. The molecule has 7 aromatic rings. The van der Waals surface area contributed by atoms with E-state index >= 15 is 0 Å². The fourth-order valence-corrected chi connectivity index (χ4v) is 7.43. The van der Waals surface area contributed by atoms with E-state index in [-0.39, 0.29) is 52.4 Å². The average molecular weight is 1240 g/mol. The number of rotatable bonds is 22. The number of unbranched alkanes of at least 4 members (excludes halogenated alkanes) is 2. The van der Waals surface area contributed by atoms with Crippen molar-refractivity contribution in [1.82, 2.24) is 0 Å². The fourth-order valence-electron chi connectivity index (χ4n) is 6.17. The zero-order chi connectivity index (χ0) is 67.0. The minimum absolute atomic E-state index is 0.00894. The number of hydrogen-bond donors (Lipinski definition) is 7. The molecule has 0 fully saturated rings. The zero-order valence-corrected chi connectivity index (χ0v) is 55.1. The number of sulfone groups is 1. The quantitative estimate of drug-likeness (QED) is 0.0246. The van der Waals surface area contributed by atoms with Gasteiger partial charge in [-0.2, -0.15) is 0 Å². The monoisotopic (exact) mass is 1240 g/mol. The Hall–Kier alpha value is -8.25. The average Bonchev–Trinajstić information content (AvgIpc) is 2.73. The van der Waals surface area contributed by atoms with Gasteiger partial charge in [-0.05, 0) is 152 Å². The van der Waals surface area contributed by atoms with Gasteiger partial charge in [0.1, 0.15) is 51.7 Å². The summed E-state index contributed by atoms with van der Waals surface area (Å²) in [6.07, 6.45) is 7.16. The minimum Gasteiger partial charge on any atom is -0.508 e. The molecule has 7 N–H and O–H groups in total. The molecule has 0 atom stereocenters. The Morgan fingerprint density at radius 2 is 0.682 bits per heavy atom. The summed E-state index contributed by atoms with van der Waals surface area (Å²) in [7, 11) is -2.06. The van der Waals surface area contributed by atoms with Crippen molar-refractivity contribution in [2.75, 3.05) is 33.5 Å². The van der Waals surface area contributed by atoms with Gasteiger partial charge in [0.15, 0.2) is 0 Å². The van der Waals surface area contributed by atoms with Crippen LogP contribution in [0.5, 0.6) is 51.7 Å². The van der Waals surface area contributed by atoms with Crippen molar-refractivity contribution in [3.05, 3.63) is 187 Å². The van der Waals surface area contributed by atoms with Crippen LogP contribution in [0.1, 0.15) is 145 Å². The van der Waals surface area contributed by atoms with Gasteiger partial charge in [0.25, 0.3) is 0 Å². The Bertz CT molecular complexity index is 2740. The maximum atomic E-state index is 12.1. The van der Waals surface area contributed by atoms with Gasteiger partial charge < -0.3 is 59.4 Å². The number of carbonyl (C=O) groups excluding carboxylic acids is 1. The highest BCUT2D eigenvalue weighted by Gasteiger charge is 2.17. The van der Waals surface area contributed by atoms with Gasteiger partial charge in [0, 0.05) is 18.6 Å². The van der Waals surface area contributed by atoms with Crippen molar-refractivity contribution in [1.29, 1.82) is 0 Å². The van der Waals surface area contributed by atoms with E-state index in [2.05, 4.69) is 41.5 Å². The molecule has 0 heterocycles. The maximum absolute atomic E-state index is 12.1. The van der Waals surface area contributed by atoms with Gasteiger partial charge in [0.2, 0.25) is 15.6 Å². The van der Waals surface area contributed by atoms with E-state index in [4.69, 9.17) is 49.2 Å². The second kappa shape index (κ2) is 55.3. The molecule has 16 nitrogen and oxygen atoms in total. The molecular weight excluding hydrogens is 1140 g/mol. The predicted molar refractivity (Wildman–Crippen MR) is 354 cm³/mol. The van der Waals surface area contributed by atoms with E-state index in [0.29, 0.717) is 49.2 Å². The van der Waals surface area contributed by atoms with Crippen LogP contribution >= 0.6 is 0 Å². The summed E-state index contributed by atoms with van der Waals surface area (Å²) in [6, 6.07) is 45.7. The molecule has 0 aromatic heterocycles. The third-order valence-corrected chi connectivity index (χ3v) is 11.8. The van der Waals surface area contributed by atoms with Crippen LogP contribution < -0.4 is 23.7 Å². The Morgan fingerprint density at radius 3 is 0.955 bits per heavy atom. The highest BCUT2D eigenvalue weighted by atomic mass is 32.2. The van der Waals surface area contributed by atoms with E-state index in [1.807, 2.05) is 102 Å². The number of hydrogen-bond acceptors (Lipinski definition) is 15. The lowest BCUT2D eigenvalue weighted by Gasteiger charge is -2.09. The first-order chi connectivity index (χ1) is 42.4. The van der Waals surface area contributed by atoms with Crippen LogP contribution in [-0.2, 0) is 39.1 Å². The molecule has 7 rings (SSSR count). The van der Waals surface area contributed by atoms with Gasteiger partial charge in [0.05, 0.1) is 56.5 Å². The molecule has 7 aromatic carbocycles. The summed E-state index contributed by atoms with van der Waals surface area (Å²) in [5.41, 5.74) is 2.37. The molecule has 88 heavy (non-hydrogen) atoms. The van der Waals surface area contributed by atoms with Gasteiger partial charge >= 0.3 is 5.97 Å². The Kier molecular flexibility index (Phi) is 52.8. The number of carboxylic acid groups (broad SMARTS) is 1. The molecular formula is C71H102O16S. The normalized spacial score (nSPS) is 9.44. The fraction of sp³-hybridized carbons (Fsp3) is 0.380. The summed E-state index contributed by atoms with van der Waals surface area (Å²) < 4.78 is 51.4. The van der Waals surface area contributed by atoms with E-state index in [1.165, 1.54) is 74.9 Å². The lowest BCUT2D eigenvalue weighted by atomic mass is 10.1. The molecule has 0 aliphatic carbocycles. The van der Waals surface area contributed by atoms with E-state index in [1.54, 1.807) is 60.7 Å². The van der Waals surface area contributed by atoms with Crippen LogP contribution in [0.3, 0.4) is 0 Å². The summed E-state index contributed by atoms with van der Waals surface area (Å²) in [5, 5.41) is 63.3. The second-order valence-corrected chi connectivity index (χ2v) is 19.7. The number of methoxy groups -OCH3 is 1. The largest absolute Gasteiger partial charge is 0.508 e. The topological polar surface area (TPSA) is 256 Å². The number of carbonyl (C=O) groups is 2. The molecule has 0 spiro atoms. The summed E-state index contributed by atoms with van der Waals surface area (Å²) >= 11 is 0. The third kappa shape index (κ3) is 41.0. The predicted octanol–water partition coefficient (Wildman–Crippen LogP) is 16.4. The first-order valence-electron chi connectivity index (χ1n) is 30.1. The van der Waals surface area contributed by atoms with Crippen molar-refractivity contribution in [3.8, 4) is 51.7 Å². The number of aliphatic hydroxyl groups is 2. The Morgan fingerprint density at radius 1 is 0.386 bits per heavy atom. The highest BCUT2D eigenvalue weighted by Crippen LogP contribution is 2.25. The number of aliphatic hydroxyl groups excluding tert-OH is 2. The number of phenolic OH excluding ortho intramolecular Hbond substituents is 4. The molecule has 0 saturated heterocycles. The van der Waals surface area contributed by atoms with E-state index < -0.39 is 21.6 Å². The second-order valence-electron chi connectivity index (χ2n) is 17.8. The summed E-state index contributed by atoms with van der Waals surface area (Å²) in [5.74, 6) is 1.78. The lowest BCUT2D eigenvalue weighted by molar-refractivity contribution is -0.148. The van der Waals surface area contributed by atoms with Crippen LogP contribution in [0, 0.1) is 0 Å². The van der Waals surface area contributed by atoms with Crippen LogP contribution in [0.25, 0.3) is 0 Å². The molecule has 0 aliphatic rings. The standard InChI is InChI=1S/C18H22O4.C16H18O4.C12H10O4S.C10H10O4.3C3H8.3C2H6/c19-13-15-5-3-7-17(11-15)21-9-1-2-10-22-18-8-4-6-16(12-18)14-20;17-13-5-3-7-15(11-13)19-9-1-2-10-20-16-8-4-6-14(18)12-16;13-9-1-5-11(6-2-9)17(15,16)12-7-3-10(14)4-8-12;1-14-8-4-2-7(3-5-8)6-9(11)10(12)13;3*1-3-2;3*1-2/h3-8,11-12,19-20H,1-2,9-10,13-14H2;3-8,11-12,17-18H,1-2,9-10H2;1-8,13-14H;2-5H,6H2,1H3,(H,12,13);3*3H2,1-2H3;3*1-2H3. The van der Waals surface area contributed by atoms with Crippen LogP contribution in [0.15, 0.2) is 180 Å². The van der Waals surface area contributed by atoms with Crippen molar-refractivity contribution < 1.29 is 77.4 Å². The number of benzene rings is 7. The first-order valence-corrected chi connectivity index (χ1v) is 31.6. The molecule has 0 unspecified atom stereocenters. The Labute approximate surface area is 525 Å². The number of aromatic hydroxyl groups is 4. The number of ketones is 1. The number of aliphatic carboxylic acids is 1. The molecule has 0 saturated carbocycles.